The van der Waals surface area contributed by atoms with Gasteiger partial charge in [-0.1, -0.05) is 33.4 Å². The molecule has 1 atom stereocenters. The van der Waals surface area contributed by atoms with Gasteiger partial charge in [-0.05, 0) is 76.2 Å². The van der Waals surface area contributed by atoms with Crippen molar-refractivity contribution in [1.29, 1.82) is 0 Å². The lowest BCUT2D eigenvalue weighted by Gasteiger charge is -2.40. The molecule has 0 aromatic heterocycles. The number of carbonyl (C=O) groups excluding carboxylic acids is 2. The van der Waals surface area contributed by atoms with Crippen LogP contribution < -0.4 is 0 Å². The Balaban J connectivity index is 3.18. The molecule has 6 heteroatoms. The molecule has 0 saturated heterocycles. The van der Waals surface area contributed by atoms with Crippen molar-refractivity contribution in [2.24, 2.45) is 5.92 Å². The van der Waals surface area contributed by atoms with Crippen molar-refractivity contribution in [3.63, 3.8) is 0 Å². The van der Waals surface area contributed by atoms with Crippen LogP contribution in [-0.4, -0.2) is 49.9 Å². The van der Waals surface area contributed by atoms with Crippen LogP contribution in [0.4, 0.5) is 4.79 Å². The first-order valence-corrected chi connectivity index (χ1v) is 13.5. The van der Waals surface area contributed by atoms with E-state index in [4.69, 9.17) is 9.16 Å². The van der Waals surface area contributed by atoms with E-state index in [2.05, 4.69) is 40.4 Å². The Labute approximate surface area is 178 Å². The molecule has 0 aromatic rings. The summed E-state index contributed by atoms with van der Waals surface area (Å²) in [5.74, 6) is 0.240. The monoisotopic (exact) mass is 423 g/mol. The average molecular weight is 424 g/mol. The molecule has 1 saturated carbocycles. The van der Waals surface area contributed by atoms with E-state index in [0.717, 1.165) is 18.4 Å². The maximum Gasteiger partial charge on any atom is 0.411 e. The minimum absolute atomic E-state index is 0.0451. The first-order valence-electron chi connectivity index (χ1n) is 10.6. The third-order valence-corrected chi connectivity index (χ3v) is 10.1. The second-order valence-electron chi connectivity index (χ2n) is 10.5. The van der Waals surface area contributed by atoms with Crippen LogP contribution >= 0.6 is 0 Å². The van der Waals surface area contributed by atoms with Gasteiger partial charge in [0.1, 0.15) is 5.60 Å². The van der Waals surface area contributed by atoms with Crippen molar-refractivity contribution >= 4 is 20.2 Å². The molecule has 0 aliphatic heterocycles. The van der Waals surface area contributed by atoms with Crippen molar-refractivity contribution in [2.75, 3.05) is 13.2 Å². The minimum atomic E-state index is -2.03. The van der Waals surface area contributed by atoms with Gasteiger partial charge in [-0.3, -0.25) is 9.69 Å². The minimum Gasteiger partial charge on any atom is -0.444 e. The van der Waals surface area contributed by atoms with Crippen LogP contribution in [0.15, 0.2) is 24.3 Å². The van der Waals surface area contributed by atoms with Gasteiger partial charge in [0.2, 0.25) is 0 Å². The van der Waals surface area contributed by atoms with Gasteiger partial charge < -0.3 is 9.16 Å². The number of hydrogen-bond donors (Lipinski definition) is 0. The highest BCUT2D eigenvalue weighted by molar-refractivity contribution is 6.74. The van der Waals surface area contributed by atoms with Gasteiger partial charge in [-0.25, -0.2) is 4.79 Å². The van der Waals surface area contributed by atoms with Crippen LogP contribution in [0.3, 0.4) is 0 Å². The summed E-state index contributed by atoms with van der Waals surface area (Å²) < 4.78 is 12.1. The highest BCUT2D eigenvalue weighted by Gasteiger charge is 2.41. The van der Waals surface area contributed by atoms with Crippen molar-refractivity contribution < 1.29 is 18.8 Å². The van der Waals surface area contributed by atoms with Gasteiger partial charge in [0.25, 0.3) is 0 Å². The van der Waals surface area contributed by atoms with Crippen LogP contribution in [0, 0.1) is 5.92 Å². The molecule has 166 valence electrons. The lowest BCUT2D eigenvalue weighted by Crippen LogP contribution is -2.51. The molecular weight excluding hydrogens is 382 g/mol. The Bertz CT molecular complexity index is 636. The van der Waals surface area contributed by atoms with Gasteiger partial charge >= 0.3 is 6.09 Å². The fourth-order valence-electron chi connectivity index (χ4n) is 2.66. The molecule has 0 heterocycles. The largest absolute Gasteiger partial charge is 0.444 e. The van der Waals surface area contributed by atoms with Gasteiger partial charge in [-0.15, -0.1) is 0 Å². The highest BCUT2D eigenvalue weighted by Crippen LogP contribution is 2.40. The molecule has 0 aromatic carbocycles. The van der Waals surface area contributed by atoms with E-state index in [1.165, 1.54) is 11.0 Å². The number of ketones is 1. The summed E-state index contributed by atoms with van der Waals surface area (Å²) in [6, 6.07) is -0.374. The predicted molar refractivity (Wildman–Crippen MR) is 122 cm³/mol. The Morgan fingerprint density at radius 1 is 1.17 bits per heavy atom. The molecule has 1 aliphatic rings. The SMILES string of the molecule is C=C(C1CC1)[C@@H](CO[Si](C)(C)C(C)(C)C)N(CC(=O)C=CC)C(=O)OC(C)(C)C. The molecule has 0 unspecified atom stereocenters. The van der Waals surface area contributed by atoms with Crippen LogP contribution in [0.2, 0.25) is 18.1 Å². The lowest BCUT2D eigenvalue weighted by molar-refractivity contribution is -0.116. The van der Waals surface area contributed by atoms with Crippen LogP contribution in [0.1, 0.15) is 61.3 Å². The van der Waals surface area contributed by atoms with Crippen molar-refractivity contribution in [2.45, 2.75) is 91.1 Å². The first kappa shape index (κ1) is 25.6. The molecule has 1 fully saturated rings. The number of allylic oxidation sites excluding steroid dienone is 1. The number of rotatable bonds is 9. The molecule has 1 aliphatic carbocycles. The lowest BCUT2D eigenvalue weighted by atomic mass is 10.0. The summed E-state index contributed by atoms with van der Waals surface area (Å²) in [6.07, 6.45) is 4.82. The fourth-order valence-corrected chi connectivity index (χ4v) is 3.66. The van der Waals surface area contributed by atoms with E-state index in [1.54, 1.807) is 13.0 Å². The zero-order valence-electron chi connectivity index (χ0n) is 19.9. The summed E-state index contributed by atoms with van der Waals surface area (Å²) >= 11 is 0. The van der Waals surface area contributed by atoms with Crippen molar-refractivity contribution in [1.82, 2.24) is 4.90 Å². The predicted octanol–water partition coefficient (Wildman–Crippen LogP) is 5.73. The maximum atomic E-state index is 13.1. The molecule has 1 rings (SSSR count). The van der Waals surface area contributed by atoms with E-state index in [1.807, 2.05) is 20.8 Å². The van der Waals surface area contributed by atoms with E-state index in [-0.39, 0.29) is 23.4 Å². The molecule has 5 nitrogen and oxygen atoms in total. The standard InChI is InChI=1S/C23H41NO4Si/c1-11-12-19(25)15-24(21(26)28-22(3,4)5)20(17(2)18-13-14-18)16-27-29(9,10)23(6,7)8/h11-12,18,20H,2,13-16H2,1,3-10H3/t20-/m1/s1. The topological polar surface area (TPSA) is 55.8 Å². The number of carbonyl (C=O) groups is 2. The van der Waals surface area contributed by atoms with Gasteiger partial charge in [-0.2, -0.15) is 0 Å². The number of amides is 1. The van der Waals surface area contributed by atoms with Crippen molar-refractivity contribution in [3.8, 4) is 0 Å². The zero-order valence-corrected chi connectivity index (χ0v) is 20.9. The van der Waals surface area contributed by atoms with E-state index in [9.17, 15) is 9.59 Å². The Morgan fingerprint density at radius 2 is 1.72 bits per heavy atom. The molecule has 1 amide bonds. The fraction of sp³-hybridized carbons (Fsp3) is 0.739. The number of nitrogens with zero attached hydrogens (tertiary/aromatic N) is 1. The van der Waals surface area contributed by atoms with Crippen LogP contribution in [-0.2, 0) is 14.0 Å². The third-order valence-electron chi connectivity index (χ3n) is 5.62. The van der Waals surface area contributed by atoms with Gasteiger partial charge in [0, 0.05) is 0 Å². The summed E-state index contributed by atoms with van der Waals surface area (Å²) in [7, 11) is -2.03. The summed E-state index contributed by atoms with van der Waals surface area (Å²) in [5, 5.41) is 0.0516. The average Bonchev–Trinajstić information content (AvgIpc) is 3.35. The molecule has 0 radical (unpaired) electrons. The van der Waals surface area contributed by atoms with Crippen molar-refractivity contribution in [3.05, 3.63) is 24.3 Å². The van der Waals surface area contributed by atoms with E-state index < -0.39 is 20.0 Å². The Morgan fingerprint density at radius 3 is 2.14 bits per heavy atom. The molecule has 0 N–H and O–H groups in total. The maximum absolute atomic E-state index is 13.1. The molecule has 29 heavy (non-hydrogen) atoms. The highest BCUT2D eigenvalue weighted by atomic mass is 28.4. The molecule has 0 bridgehead atoms. The Hall–Kier alpha value is -1.40. The van der Waals surface area contributed by atoms with E-state index in [0.29, 0.717) is 12.5 Å². The quantitative estimate of drug-likeness (QED) is 0.270. The van der Waals surface area contributed by atoms with E-state index >= 15 is 0 Å². The Kier molecular flexibility index (Phi) is 8.49. The van der Waals surface area contributed by atoms with Crippen LogP contribution in [0.25, 0.3) is 0 Å². The smallest absolute Gasteiger partial charge is 0.411 e. The second-order valence-corrected chi connectivity index (χ2v) is 15.3. The summed E-state index contributed by atoms with van der Waals surface area (Å²) in [4.78, 5) is 27.0. The second kappa shape index (κ2) is 9.60. The van der Waals surface area contributed by atoms with Gasteiger partial charge in [0.15, 0.2) is 14.1 Å². The summed E-state index contributed by atoms with van der Waals surface area (Å²) in [6.45, 7) is 22.8. The zero-order chi connectivity index (χ0) is 22.6. The first-order chi connectivity index (χ1) is 13.1. The molecule has 0 spiro atoms. The number of ether oxygens (including phenoxy) is 1. The number of hydrogen-bond acceptors (Lipinski definition) is 4. The summed E-state index contributed by atoms with van der Waals surface area (Å²) in [5.41, 5.74) is 0.313. The normalized spacial score (nSPS) is 16.6. The third kappa shape index (κ3) is 8.09. The van der Waals surface area contributed by atoms with Gasteiger partial charge in [0.05, 0.1) is 19.2 Å². The molecular formula is C23H41NO4Si. The van der Waals surface area contributed by atoms with Crippen LogP contribution in [0.5, 0.6) is 0 Å².